The molecule has 9 heteroatoms. The summed E-state index contributed by atoms with van der Waals surface area (Å²) in [7, 11) is -3.63. The summed E-state index contributed by atoms with van der Waals surface area (Å²) in [4.78, 5) is 27.8. The first-order valence-electron chi connectivity index (χ1n) is 11.9. The number of rotatable bonds is 13. The van der Waals surface area contributed by atoms with Gasteiger partial charge in [-0.3, -0.25) is 13.9 Å². The first-order chi connectivity index (χ1) is 16.5. The molecule has 192 valence electrons. The van der Waals surface area contributed by atoms with Gasteiger partial charge in [-0.2, -0.15) is 0 Å². The number of hydrogen-bond acceptors (Lipinski definition) is 4. The minimum Gasteiger partial charge on any atom is -0.354 e. The van der Waals surface area contributed by atoms with Crippen LogP contribution < -0.4 is 9.62 Å². The molecule has 2 aromatic carbocycles. The van der Waals surface area contributed by atoms with Crippen molar-refractivity contribution in [2.24, 2.45) is 5.92 Å². The smallest absolute Gasteiger partial charge is 0.242 e. The van der Waals surface area contributed by atoms with E-state index in [0.717, 1.165) is 16.1 Å². The number of halogens is 1. The number of nitrogens with zero attached hydrogens (tertiary/aromatic N) is 2. The van der Waals surface area contributed by atoms with E-state index in [2.05, 4.69) is 5.32 Å². The first-order valence-corrected chi connectivity index (χ1v) is 13.7. The van der Waals surface area contributed by atoms with Gasteiger partial charge < -0.3 is 10.2 Å². The molecule has 1 N–H and O–H groups in total. The quantitative estimate of drug-likeness (QED) is 0.447. The number of benzene rings is 2. The lowest BCUT2D eigenvalue weighted by atomic mass is 10.1. The summed E-state index contributed by atoms with van der Waals surface area (Å²) in [6.07, 6.45) is 1.84. The highest BCUT2D eigenvalue weighted by molar-refractivity contribution is 7.92. The van der Waals surface area contributed by atoms with Gasteiger partial charge in [0.25, 0.3) is 0 Å². The van der Waals surface area contributed by atoms with Gasteiger partial charge in [0.15, 0.2) is 0 Å². The van der Waals surface area contributed by atoms with E-state index in [1.165, 1.54) is 24.3 Å². The average Bonchev–Trinajstić information content (AvgIpc) is 2.81. The molecule has 0 aliphatic heterocycles. The second-order valence-electron chi connectivity index (χ2n) is 8.99. The van der Waals surface area contributed by atoms with Crippen LogP contribution in [-0.2, 0) is 26.2 Å². The van der Waals surface area contributed by atoms with E-state index >= 15 is 0 Å². The third-order valence-electron chi connectivity index (χ3n) is 5.53. The monoisotopic (exact) mass is 505 g/mol. The molecule has 7 nitrogen and oxygen atoms in total. The average molecular weight is 506 g/mol. The lowest BCUT2D eigenvalue weighted by molar-refractivity contribution is -0.141. The van der Waals surface area contributed by atoms with Gasteiger partial charge in [0.2, 0.25) is 21.8 Å². The van der Waals surface area contributed by atoms with Gasteiger partial charge >= 0.3 is 0 Å². The van der Waals surface area contributed by atoms with Crippen molar-refractivity contribution in [2.45, 2.75) is 52.6 Å². The van der Waals surface area contributed by atoms with Crippen LogP contribution in [0.5, 0.6) is 0 Å². The summed E-state index contributed by atoms with van der Waals surface area (Å²) in [6, 6.07) is 14.0. The second-order valence-corrected chi connectivity index (χ2v) is 10.9. The van der Waals surface area contributed by atoms with E-state index in [1.54, 1.807) is 4.90 Å². The minimum absolute atomic E-state index is 0.0612. The van der Waals surface area contributed by atoms with Crippen molar-refractivity contribution in [1.29, 1.82) is 0 Å². The van der Waals surface area contributed by atoms with E-state index in [-0.39, 0.29) is 43.7 Å². The van der Waals surface area contributed by atoms with Gasteiger partial charge in [-0.15, -0.1) is 0 Å². The molecule has 35 heavy (non-hydrogen) atoms. The molecule has 0 radical (unpaired) electrons. The fourth-order valence-electron chi connectivity index (χ4n) is 3.73. The number of anilines is 1. The SMILES string of the molecule is CC[C@@H](C(=O)NCC(C)C)N(Cc1ccccc1)C(=O)CCCN(c1ccc(F)cc1)S(C)(=O)=O. The lowest BCUT2D eigenvalue weighted by Crippen LogP contribution is -2.49. The molecule has 0 saturated heterocycles. The lowest BCUT2D eigenvalue weighted by Gasteiger charge is -2.31. The number of carbonyl (C=O) groups excluding carboxylic acids is 2. The highest BCUT2D eigenvalue weighted by Gasteiger charge is 2.28. The highest BCUT2D eigenvalue weighted by atomic mass is 32.2. The Balaban J connectivity index is 2.17. The third-order valence-corrected chi connectivity index (χ3v) is 6.73. The van der Waals surface area contributed by atoms with Gasteiger partial charge in [0, 0.05) is 26.1 Å². The molecule has 0 aromatic heterocycles. The van der Waals surface area contributed by atoms with Crippen LogP contribution in [0.25, 0.3) is 0 Å². The standard InChI is InChI=1S/C26H36FN3O4S/c1-5-24(26(32)28-18-20(2)3)29(19-21-10-7-6-8-11-21)25(31)12-9-17-30(35(4,33)34)23-15-13-22(27)14-16-23/h6-8,10-11,13-16,20,24H,5,9,12,17-19H2,1-4H3,(H,28,32)/t24-/m0/s1. The molecule has 0 saturated carbocycles. The fraction of sp³-hybridized carbons (Fsp3) is 0.462. The molecule has 0 heterocycles. The Bertz CT molecular complexity index is 1060. The Morgan fingerprint density at radius 1 is 1.03 bits per heavy atom. The van der Waals surface area contributed by atoms with Crippen molar-refractivity contribution in [3.63, 3.8) is 0 Å². The molecule has 0 bridgehead atoms. The highest BCUT2D eigenvalue weighted by Crippen LogP contribution is 2.20. The maximum atomic E-state index is 13.3. The molecule has 0 spiro atoms. The summed E-state index contributed by atoms with van der Waals surface area (Å²) in [5, 5.41) is 2.92. The predicted molar refractivity (Wildman–Crippen MR) is 137 cm³/mol. The van der Waals surface area contributed by atoms with Crippen LogP contribution in [0.15, 0.2) is 54.6 Å². The van der Waals surface area contributed by atoms with E-state index in [4.69, 9.17) is 0 Å². The van der Waals surface area contributed by atoms with Crippen molar-refractivity contribution in [3.8, 4) is 0 Å². The molecule has 1 atom stereocenters. The Morgan fingerprint density at radius 3 is 2.20 bits per heavy atom. The third kappa shape index (κ3) is 8.98. The molecule has 2 aromatic rings. The maximum Gasteiger partial charge on any atom is 0.242 e. The van der Waals surface area contributed by atoms with Crippen LogP contribution in [0.1, 0.15) is 45.6 Å². The van der Waals surface area contributed by atoms with Crippen LogP contribution in [0.3, 0.4) is 0 Å². The van der Waals surface area contributed by atoms with E-state index < -0.39 is 21.9 Å². The molecule has 0 aliphatic rings. The van der Waals surface area contributed by atoms with Gasteiger partial charge in [-0.25, -0.2) is 12.8 Å². The van der Waals surface area contributed by atoms with Crippen molar-refractivity contribution < 1.29 is 22.4 Å². The number of carbonyl (C=O) groups is 2. The van der Waals surface area contributed by atoms with E-state index in [1.807, 2.05) is 51.1 Å². The summed E-state index contributed by atoms with van der Waals surface area (Å²) in [5.41, 5.74) is 1.24. The second kappa shape index (κ2) is 13.2. The number of amides is 2. The molecule has 0 fully saturated rings. The topological polar surface area (TPSA) is 86.8 Å². The van der Waals surface area contributed by atoms with Gasteiger partial charge in [0.1, 0.15) is 11.9 Å². The van der Waals surface area contributed by atoms with Crippen molar-refractivity contribution in [2.75, 3.05) is 23.7 Å². The van der Waals surface area contributed by atoms with Crippen LogP contribution in [0.4, 0.5) is 10.1 Å². The Labute approximate surface area is 208 Å². The number of hydrogen-bond donors (Lipinski definition) is 1. The van der Waals surface area contributed by atoms with Crippen LogP contribution in [0, 0.1) is 11.7 Å². The summed E-state index contributed by atoms with van der Waals surface area (Å²) in [5.74, 6) is -0.610. The molecule has 2 amide bonds. The Hall–Kier alpha value is -2.94. The van der Waals surface area contributed by atoms with E-state index in [9.17, 15) is 22.4 Å². The molecule has 0 unspecified atom stereocenters. The van der Waals surface area contributed by atoms with Crippen LogP contribution in [-0.4, -0.2) is 50.5 Å². The Kier molecular flexibility index (Phi) is 10.7. The normalized spacial score (nSPS) is 12.3. The molecule has 0 aliphatic carbocycles. The van der Waals surface area contributed by atoms with E-state index in [0.29, 0.717) is 18.7 Å². The number of nitrogens with one attached hydrogen (secondary N) is 1. The van der Waals surface area contributed by atoms with Crippen molar-refractivity contribution >= 4 is 27.5 Å². The first kappa shape index (κ1) is 28.3. The number of sulfonamides is 1. The zero-order valence-electron chi connectivity index (χ0n) is 20.9. The summed E-state index contributed by atoms with van der Waals surface area (Å²) >= 11 is 0. The maximum absolute atomic E-state index is 13.3. The van der Waals surface area contributed by atoms with Gasteiger partial charge in [-0.1, -0.05) is 51.1 Å². The van der Waals surface area contributed by atoms with Crippen LogP contribution in [0.2, 0.25) is 0 Å². The molecule has 2 rings (SSSR count). The van der Waals surface area contributed by atoms with Gasteiger partial charge in [-0.05, 0) is 48.6 Å². The van der Waals surface area contributed by atoms with Crippen molar-refractivity contribution in [1.82, 2.24) is 10.2 Å². The minimum atomic E-state index is -3.63. The summed E-state index contributed by atoms with van der Waals surface area (Å²) in [6.45, 7) is 6.73. The van der Waals surface area contributed by atoms with Crippen molar-refractivity contribution in [3.05, 3.63) is 66.0 Å². The zero-order chi connectivity index (χ0) is 26.0. The fourth-order valence-corrected chi connectivity index (χ4v) is 4.70. The molecular formula is C26H36FN3O4S. The Morgan fingerprint density at radius 2 is 1.66 bits per heavy atom. The predicted octanol–water partition coefficient (Wildman–Crippen LogP) is 3.95. The summed E-state index contributed by atoms with van der Waals surface area (Å²) < 4.78 is 39.1. The van der Waals surface area contributed by atoms with Gasteiger partial charge in [0.05, 0.1) is 11.9 Å². The molecular weight excluding hydrogens is 469 g/mol. The zero-order valence-corrected chi connectivity index (χ0v) is 21.7. The van der Waals surface area contributed by atoms with Crippen LogP contribution >= 0.6 is 0 Å². The largest absolute Gasteiger partial charge is 0.354 e.